The van der Waals surface area contributed by atoms with E-state index < -0.39 is 29.3 Å². The van der Waals surface area contributed by atoms with E-state index in [0.29, 0.717) is 28.4 Å². The highest BCUT2D eigenvalue weighted by Crippen LogP contribution is 2.31. The number of aryl methyl sites for hydroxylation is 2. The van der Waals surface area contributed by atoms with Crippen LogP contribution < -0.4 is 31.2 Å². The molecule has 0 saturated carbocycles. The number of methoxy groups -OCH3 is 2. The number of anilines is 4. The lowest BCUT2D eigenvalue weighted by Gasteiger charge is -2.17. The quantitative estimate of drug-likeness (QED) is 0.121. The molecule has 0 saturated heterocycles. The van der Waals surface area contributed by atoms with Crippen molar-refractivity contribution >= 4 is 46.0 Å². The van der Waals surface area contributed by atoms with Crippen molar-refractivity contribution < 1.29 is 22.6 Å². The summed E-state index contributed by atoms with van der Waals surface area (Å²) in [6.07, 6.45) is 7.13. The van der Waals surface area contributed by atoms with Crippen LogP contribution in [0.3, 0.4) is 0 Å². The first kappa shape index (κ1) is 45.6. The van der Waals surface area contributed by atoms with Crippen LogP contribution in [0.2, 0.25) is 10.3 Å². The average molecular weight is 926 g/mol. The van der Waals surface area contributed by atoms with Crippen LogP contribution in [0.15, 0.2) is 126 Å². The topological polar surface area (TPSA) is 148 Å². The summed E-state index contributed by atoms with van der Waals surface area (Å²) in [6.45, 7) is 7.13. The Bertz CT molecular complexity index is 3140. The molecule has 8 aromatic rings. The van der Waals surface area contributed by atoms with Gasteiger partial charge in [-0.15, -0.1) is 0 Å². The van der Waals surface area contributed by atoms with Gasteiger partial charge >= 0.3 is 0 Å². The fourth-order valence-corrected chi connectivity index (χ4v) is 7.28. The summed E-state index contributed by atoms with van der Waals surface area (Å²) in [5.74, 6) is -0.718. The van der Waals surface area contributed by atoms with Gasteiger partial charge in [-0.3, -0.25) is 9.59 Å². The number of imidazole rings is 2. The molecule has 0 fully saturated rings. The highest BCUT2D eigenvalue weighted by molar-refractivity contribution is 6.29. The lowest BCUT2D eigenvalue weighted by Crippen LogP contribution is -2.28. The summed E-state index contributed by atoms with van der Waals surface area (Å²) in [4.78, 5) is 34.7. The molecule has 8 rings (SSSR count). The van der Waals surface area contributed by atoms with E-state index in [-0.39, 0.29) is 38.6 Å². The van der Waals surface area contributed by atoms with Crippen LogP contribution in [0, 0.1) is 31.3 Å². The van der Waals surface area contributed by atoms with Gasteiger partial charge in [-0.25, -0.2) is 32.5 Å². The maximum Gasteiger partial charge on any atom is 0.291 e. The van der Waals surface area contributed by atoms with Crippen molar-refractivity contribution in [3.05, 3.63) is 187 Å². The maximum absolute atomic E-state index is 14.3. The molecule has 0 aliphatic rings. The summed E-state index contributed by atoms with van der Waals surface area (Å²) in [7, 11) is 3.12. The molecule has 334 valence electrons. The molecule has 0 amide bonds. The number of hydrogen-bond acceptors (Lipinski definition) is 10. The van der Waals surface area contributed by atoms with E-state index in [4.69, 9.17) is 32.7 Å². The van der Waals surface area contributed by atoms with Gasteiger partial charge in [0.05, 0.1) is 61.7 Å². The van der Waals surface area contributed by atoms with Crippen LogP contribution in [0.4, 0.5) is 35.9 Å². The zero-order valence-electron chi connectivity index (χ0n) is 35.7. The zero-order valence-corrected chi connectivity index (χ0v) is 37.2. The SMILES string of the molecule is COc1cc(Nc2cc(Cl)nn([C@@H](C)c3ccc(F)cc3F)c2=O)ccc1-n1cnc(C)c1.COc1cc(Nc2cc(Cl)nn([C@@H](C)c3cccc(F)c3)c2=O)ccc1-n1cnc(C)c1. The molecule has 0 spiro atoms. The van der Waals surface area contributed by atoms with Gasteiger partial charge in [0.25, 0.3) is 11.1 Å². The highest BCUT2D eigenvalue weighted by atomic mass is 35.5. The Balaban J connectivity index is 0.000000194. The van der Waals surface area contributed by atoms with Crippen molar-refractivity contribution in [1.29, 1.82) is 0 Å². The van der Waals surface area contributed by atoms with Gasteiger partial charge < -0.3 is 29.2 Å². The number of halogens is 5. The van der Waals surface area contributed by atoms with Crippen molar-refractivity contribution in [3.8, 4) is 22.9 Å². The molecule has 4 heterocycles. The minimum Gasteiger partial charge on any atom is -0.494 e. The standard InChI is InChI=1S/C23H20ClF2N5O2.C23H21ClFN5O2/c1-13-11-30(12-27-13)20-7-5-16(9-21(20)33-3)28-19-10-22(24)29-31(23(19)32)14(2)17-6-4-15(25)8-18(17)26;1-14-12-29(13-26-14)20-8-7-18(10-21(20)32-3)27-19-11-22(24)28-30(23(19)31)15(2)16-5-4-6-17(25)9-16/h4-12,14,28H,1-3H3;4-13,15,27H,1-3H3/t14-;15-/m00/s1. The third kappa shape index (κ3) is 10.4. The Hall–Kier alpha value is -7.37. The average Bonchev–Trinajstić information content (AvgIpc) is 3.93. The van der Waals surface area contributed by atoms with Crippen LogP contribution in [0.25, 0.3) is 11.4 Å². The molecule has 4 aromatic carbocycles. The summed E-state index contributed by atoms with van der Waals surface area (Å²) < 4.78 is 58.2. The number of nitrogens with zero attached hydrogens (tertiary/aromatic N) is 8. The second-order valence-corrected chi connectivity index (χ2v) is 15.5. The monoisotopic (exact) mass is 924 g/mol. The molecule has 2 atom stereocenters. The van der Waals surface area contributed by atoms with Crippen LogP contribution in [0.5, 0.6) is 11.5 Å². The molecule has 4 aromatic heterocycles. The van der Waals surface area contributed by atoms with Gasteiger partial charge in [-0.1, -0.05) is 41.4 Å². The zero-order chi connectivity index (χ0) is 46.5. The largest absolute Gasteiger partial charge is 0.494 e. The molecule has 0 unspecified atom stereocenters. The third-order valence-corrected chi connectivity index (χ3v) is 10.6. The molecular formula is C46H41Cl2F3N10O4. The maximum atomic E-state index is 14.3. The van der Waals surface area contributed by atoms with E-state index in [0.717, 1.165) is 39.6 Å². The van der Waals surface area contributed by atoms with Gasteiger partial charge in [0.1, 0.15) is 40.3 Å². The van der Waals surface area contributed by atoms with Crippen molar-refractivity contribution in [1.82, 2.24) is 38.7 Å². The molecule has 65 heavy (non-hydrogen) atoms. The summed E-state index contributed by atoms with van der Waals surface area (Å²) in [6, 6.07) is 21.5. The van der Waals surface area contributed by atoms with E-state index >= 15 is 0 Å². The smallest absolute Gasteiger partial charge is 0.291 e. The third-order valence-electron chi connectivity index (χ3n) is 10.2. The first-order valence-corrected chi connectivity index (χ1v) is 20.6. The van der Waals surface area contributed by atoms with Crippen LogP contribution >= 0.6 is 23.2 Å². The van der Waals surface area contributed by atoms with E-state index in [9.17, 15) is 22.8 Å². The van der Waals surface area contributed by atoms with E-state index in [2.05, 4.69) is 30.8 Å². The lowest BCUT2D eigenvalue weighted by molar-refractivity contribution is 0.413. The summed E-state index contributed by atoms with van der Waals surface area (Å²) in [5.41, 5.74) is 4.70. The van der Waals surface area contributed by atoms with Gasteiger partial charge in [0, 0.05) is 59.7 Å². The molecular weight excluding hydrogens is 884 g/mol. The Morgan fingerprint density at radius 3 is 1.55 bits per heavy atom. The van der Waals surface area contributed by atoms with Crippen LogP contribution in [-0.2, 0) is 0 Å². The predicted molar refractivity (Wildman–Crippen MR) is 244 cm³/mol. The molecule has 2 N–H and O–H groups in total. The molecule has 14 nitrogen and oxygen atoms in total. The van der Waals surface area contributed by atoms with Gasteiger partial charge in [-0.2, -0.15) is 10.2 Å². The summed E-state index contributed by atoms with van der Waals surface area (Å²) in [5, 5.41) is 14.5. The first-order chi connectivity index (χ1) is 31.1. The Kier molecular flexibility index (Phi) is 13.7. The number of nitrogens with one attached hydrogen (secondary N) is 2. The van der Waals surface area contributed by atoms with Gasteiger partial charge in [-0.05, 0) is 75.7 Å². The highest BCUT2D eigenvalue weighted by Gasteiger charge is 2.20. The second-order valence-electron chi connectivity index (χ2n) is 14.7. The Morgan fingerprint density at radius 1 is 0.615 bits per heavy atom. The minimum atomic E-state index is -0.821. The molecule has 19 heteroatoms. The fraction of sp³-hybridized carbons (Fsp3) is 0.174. The lowest BCUT2D eigenvalue weighted by atomic mass is 10.1. The minimum absolute atomic E-state index is 0.0314. The van der Waals surface area contributed by atoms with E-state index in [1.807, 2.05) is 53.6 Å². The van der Waals surface area contributed by atoms with Crippen molar-refractivity contribution in [2.75, 3.05) is 24.9 Å². The number of hydrogen-bond donors (Lipinski definition) is 2. The summed E-state index contributed by atoms with van der Waals surface area (Å²) >= 11 is 12.3. The van der Waals surface area contributed by atoms with Crippen LogP contribution in [0.1, 0.15) is 48.4 Å². The van der Waals surface area contributed by atoms with E-state index in [1.54, 1.807) is 71.1 Å². The number of rotatable bonds is 12. The van der Waals surface area contributed by atoms with Gasteiger partial charge in [0.2, 0.25) is 0 Å². The van der Waals surface area contributed by atoms with E-state index in [1.165, 1.54) is 35.0 Å². The second kappa shape index (κ2) is 19.6. The Labute approximate surface area is 380 Å². The molecule has 0 aliphatic heterocycles. The first-order valence-electron chi connectivity index (χ1n) is 19.8. The van der Waals surface area contributed by atoms with Crippen molar-refractivity contribution in [3.63, 3.8) is 0 Å². The van der Waals surface area contributed by atoms with Crippen LogP contribution in [-0.4, -0.2) is 52.9 Å². The number of ether oxygens (including phenoxy) is 2. The normalized spacial score (nSPS) is 11.9. The molecule has 0 radical (unpaired) electrons. The number of benzene rings is 4. The molecule has 0 bridgehead atoms. The predicted octanol–water partition coefficient (Wildman–Crippen LogP) is 9.92. The molecule has 0 aliphatic carbocycles. The fourth-order valence-electron chi connectivity index (χ4n) is 6.90. The van der Waals surface area contributed by atoms with Crippen molar-refractivity contribution in [2.24, 2.45) is 0 Å². The number of aromatic nitrogens is 8. The van der Waals surface area contributed by atoms with Gasteiger partial charge in [0.15, 0.2) is 10.3 Å². The Morgan fingerprint density at radius 2 is 1.11 bits per heavy atom. The van der Waals surface area contributed by atoms with Crippen molar-refractivity contribution in [2.45, 2.75) is 39.8 Å².